The van der Waals surface area contributed by atoms with Gasteiger partial charge in [0.25, 0.3) is 0 Å². The topological polar surface area (TPSA) is 57.8 Å². The molecule has 0 aliphatic carbocycles. The van der Waals surface area contributed by atoms with Gasteiger partial charge in [-0.2, -0.15) is 5.10 Å². The third-order valence-corrected chi connectivity index (χ3v) is 3.86. The van der Waals surface area contributed by atoms with Crippen molar-refractivity contribution < 1.29 is 4.79 Å². The maximum absolute atomic E-state index is 11.6. The van der Waals surface area contributed by atoms with Crippen molar-refractivity contribution in [2.24, 2.45) is 0 Å². The Morgan fingerprint density at radius 3 is 3.19 bits per heavy atom. The standard InChI is InChI=1S/C11H11N3OS/c1-6-10-7(8-3-2-4-16-8)5-9(15)12-11(10)14-13-6/h2-4,7H,5H2,1H3,(H2,12,13,14,15)/t7-/m1/s1. The molecule has 0 saturated heterocycles. The van der Waals surface area contributed by atoms with Crippen molar-refractivity contribution in [2.45, 2.75) is 19.3 Å². The number of nitrogens with one attached hydrogen (secondary N) is 2. The highest BCUT2D eigenvalue weighted by molar-refractivity contribution is 7.10. The zero-order valence-electron chi connectivity index (χ0n) is 8.78. The van der Waals surface area contributed by atoms with Crippen LogP contribution in [-0.2, 0) is 4.79 Å². The zero-order valence-corrected chi connectivity index (χ0v) is 9.60. The minimum absolute atomic E-state index is 0.0393. The van der Waals surface area contributed by atoms with E-state index in [1.54, 1.807) is 11.3 Å². The molecule has 0 radical (unpaired) electrons. The number of aromatic amines is 1. The monoisotopic (exact) mass is 233 g/mol. The summed E-state index contributed by atoms with van der Waals surface area (Å²) in [5.74, 6) is 0.882. The van der Waals surface area contributed by atoms with Crippen LogP contribution in [-0.4, -0.2) is 16.1 Å². The average molecular weight is 233 g/mol. The first-order valence-electron chi connectivity index (χ1n) is 5.14. The predicted molar refractivity (Wildman–Crippen MR) is 62.7 cm³/mol. The highest BCUT2D eigenvalue weighted by Crippen LogP contribution is 2.39. The fraction of sp³-hybridized carbons (Fsp3) is 0.273. The van der Waals surface area contributed by atoms with Crippen LogP contribution in [0.3, 0.4) is 0 Å². The Hall–Kier alpha value is -1.62. The minimum Gasteiger partial charge on any atom is -0.309 e. The summed E-state index contributed by atoms with van der Waals surface area (Å²) in [7, 11) is 0. The van der Waals surface area contributed by atoms with Gasteiger partial charge in [-0.1, -0.05) is 6.07 Å². The van der Waals surface area contributed by atoms with E-state index in [-0.39, 0.29) is 11.8 Å². The number of hydrogen-bond acceptors (Lipinski definition) is 3. The molecule has 0 unspecified atom stereocenters. The van der Waals surface area contributed by atoms with Crippen LogP contribution in [0, 0.1) is 6.92 Å². The lowest BCUT2D eigenvalue weighted by Crippen LogP contribution is -2.22. The van der Waals surface area contributed by atoms with Gasteiger partial charge in [-0.05, 0) is 18.4 Å². The highest BCUT2D eigenvalue weighted by atomic mass is 32.1. The summed E-state index contributed by atoms with van der Waals surface area (Å²) in [5, 5.41) is 11.9. The van der Waals surface area contributed by atoms with E-state index < -0.39 is 0 Å². The molecule has 0 saturated carbocycles. The normalized spacial score (nSPS) is 19.3. The van der Waals surface area contributed by atoms with Gasteiger partial charge < -0.3 is 5.32 Å². The molecule has 0 bridgehead atoms. The largest absolute Gasteiger partial charge is 0.309 e. The van der Waals surface area contributed by atoms with Crippen molar-refractivity contribution in [3.8, 4) is 0 Å². The Labute approximate surface area is 96.7 Å². The van der Waals surface area contributed by atoms with Crippen LogP contribution in [0.25, 0.3) is 0 Å². The smallest absolute Gasteiger partial charge is 0.226 e. The Morgan fingerprint density at radius 1 is 1.56 bits per heavy atom. The summed E-state index contributed by atoms with van der Waals surface area (Å²) >= 11 is 1.69. The highest BCUT2D eigenvalue weighted by Gasteiger charge is 2.30. The Kier molecular flexibility index (Phi) is 2.07. The molecular weight excluding hydrogens is 222 g/mol. The lowest BCUT2D eigenvalue weighted by molar-refractivity contribution is -0.116. The molecule has 0 aromatic carbocycles. The number of H-pyrrole nitrogens is 1. The molecule has 3 rings (SSSR count). The summed E-state index contributed by atoms with van der Waals surface area (Å²) in [6.07, 6.45) is 0.508. The summed E-state index contributed by atoms with van der Waals surface area (Å²) < 4.78 is 0. The van der Waals surface area contributed by atoms with Gasteiger partial charge in [-0.25, -0.2) is 0 Å². The predicted octanol–water partition coefficient (Wildman–Crippen LogP) is 2.25. The molecular formula is C11H11N3OS. The summed E-state index contributed by atoms with van der Waals surface area (Å²) in [5.41, 5.74) is 2.16. The van der Waals surface area contributed by atoms with Gasteiger partial charge in [0, 0.05) is 28.5 Å². The second kappa shape index (κ2) is 3.45. The van der Waals surface area contributed by atoms with Gasteiger partial charge in [0.2, 0.25) is 5.91 Å². The first kappa shape index (κ1) is 9.59. The number of rotatable bonds is 1. The number of anilines is 1. The molecule has 2 aromatic rings. The average Bonchev–Trinajstić information content (AvgIpc) is 2.87. The summed E-state index contributed by atoms with van der Waals surface area (Å²) in [6, 6.07) is 4.09. The van der Waals surface area contributed by atoms with E-state index in [9.17, 15) is 4.79 Å². The number of amides is 1. The molecule has 0 fully saturated rings. The lowest BCUT2D eigenvalue weighted by Gasteiger charge is -2.21. The van der Waals surface area contributed by atoms with E-state index in [1.165, 1.54) is 4.88 Å². The molecule has 0 spiro atoms. The van der Waals surface area contributed by atoms with Crippen LogP contribution in [0.1, 0.15) is 28.5 Å². The molecule has 2 aromatic heterocycles. The summed E-state index contributed by atoms with van der Waals surface area (Å²) in [4.78, 5) is 12.8. The number of hydrogen-bond donors (Lipinski definition) is 2. The van der Waals surface area contributed by atoms with Crippen LogP contribution in [0.2, 0.25) is 0 Å². The maximum atomic E-state index is 11.6. The first-order chi connectivity index (χ1) is 7.75. The fourth-order valence-corrected chi connectivity index (χ4v) is 3.00. The van der Waals surface area contributed by atoms with Crippen molar-refractivity contribution in [3.63, 3.8) is 0 Å². The number of aromatic nitrogens is 2. The molecule has 16 heavy (non-hydrogen) atoms. The summed E-state index contributed by atoms with van der Waals surface area (Å²) in [6.45, 7) is 1.99. The lowest BCUT2D eigenvalue weighted by atomic mass is 9.91. The second-order valence-electron chi connectivity index (χ2n) is 3.93. The first-order valence-corrected chi connectivity index (χ1v) is 6.02. The van der Waals surface area contributed by atoms with Crippen molar-refractivity contribution in [2.75, 3.05) is 5.32 Å². The zero-order chi connectivity index (χ0) is 11.1. The van der Waals surface area contributed by atoms with Crippen molar-refractivity contribution in [1.29, 1.82) is 0 Å². The van der Waals surface area contributed by atoms with Crippen LogP contribution in [0.15, 0.2) is 17.5 Å². The molecule has 1 amide bonds. The van der Waals surface area contributed by atoms with Crippen molar-refractivity contribution in [1.82, 2.24) is 10.2 Å². The molecule has 1 atom stereocenters. The van der Waals surface area contributed by atoms with Gasteiger partial charge >= 0.3 is 0 Å². The molecule has 1 aliphatic rings. The number of thiophene rings is 1. The van der Waals surface area contributed by atoms with Gasteiger partial charge in [-0.15, -0.1) is 11.3 Å². The number of fused-ring (bicyclic) bond motifs is 1. The van der Waals surface area contributed by atoms with Crippen molar-refractivity contribution in [3.05, 3.63) is 33.6 Å². The molecule has 4 nitrogen and oxygen atoms in total. The van der Waals surface area contributed by atoms with E-state index in [1.807, 2.05) is 18.4 Å². The molecule has 82 valence electrons. The Balaban J connectivity index is 2.13. The Morgan fingerprint density at radius 2 is 2.44 bits per heavy atom. The molecule has 5 heteroatoms. The van der Waals surface area contributed by atoms with Crippen LogP contribution >= 0.6 is 11.3 Å². The van der Waals surface area contributed by atoms with E-state index in [4.69, 9.17) is 0 Å². The van der Waals surface area contributed by atoms with E-state index in [0.717, 1.165) is 11.3 Å². The van der Waals surface area contributed by atoms with Gasteiger partial charge in [0.15, 0.2) is 5.82 Å². The molecule has 2 N–H and O–H groups in total. The van der Waals surface area contributed by atoms with E-state index in [0.29, 0.717) is 12.2 Å². The van der Waals surface area contributed by atoms with E-state index in [2.05, 4.69) is 21.6 Å². The quantitative estimate of drug-likeness (QED) is 0.793. The van der Waals surface area contributed by atoms with Crippen LogP contribution < -0.4 is 5.32 Å². The molecule has 1 aliphatic heterocycles. The van der Waals surface area contributed by atoms with Crippen LogP contribution in [0.5, 0.6) is 0 Å². The number of carbonyl (C=O) groups is 1. The number of nitrogens with zero attached hydrogens (tertiary/aromatic N) is 1. The number of aryl methyl sites for hydroxylation is 1. The van der Waals surface area contributed by atoms with Crippen molar-refractivity contribution >= 4 is 23.1 Å². The van der Waals surface area contributed by atoms with Gasteiger partial charge in [0.05, 0.1) is 0 Å². The van der Waals surface area contributed by atoms with E-state index >= 15 is 0 Å². The third-order valence-electron chi connectivity index (χ3n) is 2.88. The minimum atomic E-state index is 0.0393. The van der Waals surface area contributed by atoms with Gasteiger partial charge in [-0.3, -0.25) is 9.89 Å². The SMILES string of the molecule is Cc1[nH]nc2c1[C@@H](c1cccs1)CC(=O)N2. The number of carbonyl (C=O) groups excluding carboxylic acids is 1. The second-order valence-corrected chi connectivity index (χ2v) is 4.91. The third kappa shape index (κ3) is 1.36. The van der Waals surface area contributed by atoms with Crippen LogP contribution in [0.4, 0.5) is 5.82 Å². The maximum Gasteiger partial charge on any atom is 0.226 e. The molecule has 3 heterocycles. The Bertz CT molecular complexity index is 529. The van der Waals surface area contributed by atoms with Gasteiger partial charge in [0.1, 0.15) is 0 Å². The fourth-order valence-electron chi connectivity index (χ4n) is 2.16.